The molecule has 0 spiro atoms. The summed E-state index contributed by atoms with van der Waals surface area (Å²) in [4.78, 5) is 122. The van der Waals surface area contributed by atoms with Gasteiger partial charge in [0, 0.05) is 73.8 Å². The van der Waals surface area contributed by atoms with Crippen LogP contribution in [-0.4, -0.2) is 189 Å². The molecule has 518 valence electrons. The summed E-state index contributed by atoms with van der Waals surface area (Å²) < 4.78 is 38.2. The first kappa shape index (κ1) is 80.0. The minimum atomic E-state index is -4.65. The average Bonchev–Trinajstić information content (AvgIpc) is 1.59. The number of urea groups is 1. The van der Waals surface area contributed by atoms with Crippen molar-refractivity contribution in [1.29, 1.82) is 0 Å². The van der Waals surface area contributed by atoms with Gasteiger partial charge in [-0.05, 0) is 82.2 Å². The van der Waals surface area contributed by atoms with E-state index >= 15 is 0 Å². The third-order valence-electron chi connectivity index (χ3n) is 15.6. The van der Waals surface area contributed by atoms with Crippen molar-refractivity contribution in [2.24, 2.45) is 5.73 Å². The van der Waals surface area contributed by atoms with Gasteiger partial charge in [-0.25, -0.2) is 22.8 Å². The molecular weight excluding hydrogens is 1260 g/mol. The van der Waals surface area contributed by atoms with Crippen molar-refractivity contribution in [2.45, 2.75) is 184 Å². The molecule has 0 bridgehead atoms. The van der Waals surface area contributed by atoms with E-state index < -0.39 is 125 Å². The Hall–Kier alpha value is -8.21. The number of nitrogens with two attached hydrogens (primary N) is 1. The number of thioether (sulfide) groups is 1. The minimum Gasteiger partial charge on any atom is -0.744 e. The van der Waals surface area contributed by atoms with Crippen molar-refractivity contribution in [3.05, 3.63) is 77.5 Å². The molecule has 0 aromatic heterocycles. The lowest BCUT2D eigenvalue weighted by molar-refractivity contribution is -0.438. The standard InChI is InChI=1S/C45H59N5O9S.C19H33N5O9S/c1-8-11-21-37(40(51)46-27-16-15-20-34(42(54)55)48-43(56)47-33(18-10-3)41(52)53)50-36-22-14-13-19-31(36)44(4,5)39(50)24-17-23-38-45(6,7)32-29-30(60(57,58)59)25-26-35(32)49(38)28-12-9-2;1-11(28)34-10-16(30)22-13(8-26)18(32)24-14(9-27)19(33)23-12(7-25)17(31)21-6-4-2-3-5-15(20)29/h3,13-14,17,19,22-26,29,33-34,37H,8-9,11-12,15-16,18,20-21,27-28H2,1-2,4-7H3,(H5-,46,47,48,51,52,53,54,55,56,57,58,59);12-14,25-27H,2-10H2,1H3,(H2,20,29)(H,21,31)(H,22,30)(H,23,33)(H,24,32). The van der Waals surface area contributed by atoms with Crippen LogP contribution in [0.3, 0.4) is 0 Å². The molecule has 0 saturated carbocycles. The molecule has 4 rings (SSSR count). The molecule has 2 heterocycles. The number of hydrogen-bond donors (Lipinski definition) is 13. The fourth-order valence-corrected chi connectivity index (χ4v) is 11.4. The number of terminal acetylenes is 1. The van der Waals surface area contributed by atoms with Gasteiger partial charge in [0.25, 0.3) is 0 Å². The van der Waals surface area contributed by atoms with Gasteiger partial charge in [-0.2, -0.15) is 4.58 Å². The van der Waals surface area contributed by atoms with Crippen LogP contribution in [0.25, 0.3) is 0 Å². The van der Waals surface area contributed by atoms with Crippen molar-refractivity contribution >= 4 is 97.5 Å². The smallest absolute Gasteiger partial charge is 0.327 e. The predicted octanol–water partition coefficient (Wildman–Crippen LogP) is 1.94. The highest BCUT2D eigenvalue weighted by Crippen LogP contribution is 2.49. The first-order valence-electron chi connectivity index (χ1n) is 31.0. The molecule has 14 N–H and O–H groups in total. The SMILES string of the molecule is C#CCC(NC(=O)NC(CCCCNC(=O)C(CCCC)N1C(=CC=CC2=[N+](CCCC)c3ccc(S(=O)(=O)[O-])cc3C2(C)C)C(C)(C)c2ccccc21)C(=O)O)C(=O)O.CC(=O)SCC(=O)NC(CO)C(=O)NC(CO)C(=O)NC(CO)C(=O)NCCCCCC(N)=O. The number of allylic oxidation sites excluding steroid dienone is 4. The maximum absolute atomic E-state index is 14.2. The highest BCUT2D eigenvalue weighted by atomic mass is 32.2. The Bertz CT molecular complexity index is 3270. The number of aliphatic carboxylic acids is 2. The van der Waals surface area contributed by atoms with Gasteiger partial charge in [0.2, 0.25) is 41.1 Å². The monoisotopic (exact) mass is 1350 g/mol. The number of carboxylic acids is 2. The number of fused-ring (bicyclic) bond motifs is 2. The van der Waals surface area contributed by atoms with E-state index in [-0.39, 0.29) is 54.0 Å². The predicted molar refractivity (Wildman–Crippen MR) is 350 cm³/mol. The summed E-state index contributed by atoms with van der Waals surface area (Å²) >= 11 is 0.701. The number of carboxylic acid groups (broad SMARTS) is 2. The quantitative estimate of drug-likeness (QED) is 0.0198. The molecule has 6 unspecified atom stereocenters. The highest BCUT2D eigenvalue weighted by molar-refractivity contribution is 8.14. The van der Waals surface area contributed by atoms with Crippen LogP contribution in [0.5, 0.6) is 0 Å². The number of aliphatic hydroxyl groups is 3. The van der Waals surface area contributed by atoms with Crippen molar-refractivity contribution in [3.8, 4) is 12.3 Å². The molecule has 0 fully saturated rings. The lowest BCUT2D eigenvalue weighted by atomic mass is 9.81. The van der Waals surface area contributed by atoms with E-state index in [9.17, 15) is 86.4 Å². The van der Waals surface area contributed by atoms with Gasteiger partial charge in [-0.3, -0.25) is 33.6 Å². The number of hydrogen-bond acceptors (Lipinski definition) is 18. The Morgan fingerprint density at radius 3 is 1.84 bits per heavy atom. The molecule has 0 saturated heterocycles. The number of amides is 8. The summed E-state index contributed by atoms with van der Waals surface area (Å²) in [5.41, 5.74) is 9.43. The summed E-state index contributed by atoms with van der Waals surface area (Å²) in [5, 5.41) is 63.4. The Kier molecular flexibility index (Phi) is 33.1. The Morgan fingerprint density at radius 1 is 0.702 bits per heavy atom. The van der Waals surface area contributed by atoms with Gasteiger partial charge in [0.05, 0.1) is 35.9 Å². The molecule has 2 aromatic carbocycles. The molecule has 0 radical (unpaired) electrons. The number of carbonyl (C=O) groups is 10. The molecule has 0 aliphatic carbocycles. The largest absolute Gasteiger partial charge is 0.744 e. The molecule has 28 nitrogen and oxygen atoms in total. The van der Waals surface area contributed by atoms with E-state index in [2.05, 4.69) is 86.4 Å². The first-order chi connectivity index (χ1) is 44.3. The summed E-state index contributed by atoms with van der Waals surface area (Å²) in [7, 11) is -4.65. The van der Waals surface area contributed by atoms with Gasteiger partial charge in [0.1, 0.15) is 52.9 Å². The van der Waals surface area contributed by atoms with Crippen LogP contribution in [0.2, 0.25) is 0 Å². The first-order valence-corrected chi connectivity index (χ1v) is 33.4. The van der Waals surface area contributed by atoms with Crippen LogP contribution >= 0.6 is 11.8 Å². The zero-order valence-electron chi connectivity index (χ0n) is 54.3. The van der Waals surface area contributed by atoms with E-state index in [4.69, 9.17) is 12.2 Å². The number of para-hydroxylation sites is 1. The number of anilines is 1. The van der Waals surface area contributed by atoms with Gasteiger partial charge < -0.3 is 77.9 Å². The molecule has 94 heavy (non-hydrogen) atoms. The van der Waals surface area contributed by atoms with E-state index in [0.29, 0.717) is 56.8 Å². The van der Waals surface area contributed by atoms with Gasteiger partial charge in [-0.1, -0.05) is 89.4 Å². The lowest BCUT2D eigenvalue weighted by Crippen LogP contribution is -2.59. The van der Waals surface area contributed by atoms with Crippen molar-refractivity contribution in [2.75, 3.05) is 50.1 Å². The number of rotatable bonds is 38. The molecule has 30 heteroatoms. The number of carbonyl (C=O) groups excluding carboxylic acids is 8. The summed E-state index contributed by atoms with van der Waals surface area (Å²) in [6.45, 7) is 12.5. The van der Waals surface area contributed by atoms with E-state index in [1.54, 1.807) is 6.07 Å². The van der Waals surface area contributed by atoms with Crippen LogP contribution in [-0.2, 0) is 64.1 Å². The second-order valence-corrected chi connectivity index (χ2v) is 26.0. The Balaban J connectivity index is 0.000000577. The minimum absolute atomic E-state index is 0.0490. The maximum Gasteiger partial charge on any atom is 0.327 e. The van der Waals surface area contributed by atoms with E-state index in [1.807, 2.05) is 50.3 Å². The molecule has 6 atom stereocenters. The normalized spacial score (nSPS) is 15.9. The Labute approximate surface area is 552 Å². The van der Waals surface area contributed by atoms with E-state index in [1.165, 1.54) is 19.1 Å². The van der Waals surface area contributed by atoms with Crippen LogP contribution in [0, 0.1) is 12.3 Å². The van der Waals surface area contributed by atoms with E-state index in [0.717, 1.165) is 59.6 Å². The number of nitrogens with zero attached hydrogens (tertiary/aromatic N) is 2. The molecule has 8 amide bonds. The van der Waals surface area contributed by atoms with Crippen LogP contribution in [0.15, 0.2) is 71.3 Å². The van der Waals surface area contributed by atoms with Crippen LogP contribution in [0.1, 0.15) is 143 Å². The maximum atomic E-state index is 14.2. The number of unbranched alkanes of at least 4 members (excludes halogenated alkanes) is 5. The highest BCUT2D eigenvalue weighted by Gasteiger charge is 2.46. The second kappa shape index (κ2) is 38.8. The lowest BCUT2D eigenvalue weighted by Gasteiger charge is -2.33. The number of primary amides is 1. The molecule has 2 aliphatic heterocycles. The third-order valence-corrected chi connectivity index (χ3v) is 17.2. The number of benzene rings is 2. The van der Waals surface area contributed by atoms with Crippen molar-refractivity contribution < 1.29 is 91.0 Å². The zero-order valence-corrected chi connectivity index (χ0v) is 55.9. The topological polar surface area (TPSA) is 446 Å². The van der Waals surface area contributed by atoms with Crippen molar-refractivity contribution in [3.63, 3.8) is 0 Å². The number of aliphatic hydroxyl groups excluding tert-OH is 3. The summed E-state index contributed by atoms with van der Waals surface area (Å²) in [6.07, 6.45) is 17.9. The summed E-state index contributed by atoms with van der Waals surface area (Å²) in [6, 6.07) is 4.10. The van der Waals surface area contributed by atoms with Gasteiger partial charge in [0.15, 0.2) is 10.8 Å². The van der Waals surface area contributed by atoms with Crippen molar-refractivity contribution in [1.82, 2.24) is 37.2 Å². The van der Waals surface area contributed by atoms with Crippen LogP contribution < -0.4 is 47.9 Å². The third kappa shape index (κ3) is 24.0. The number of nitrogens with one attached hydrogen (secondary N) is 7. The molecule has 2 aliphatic rings. The Morgan fingerprint density at radius 2 is 1.28 bits per heavy atom. The van der Waals surface area contributed by atoms with Crippen LogP contribution in [0.4, 0.5) is 16.2 Å². The fourth-order valence-electron chi connectivity index (χ4n) is 10.5. The zero-order chi connectivity index (χ0) is 70.5. The van der Waals surface area contributed by atoms with Gasteiger partial charge in [-0.15, -0.1) is 12.3 Å². The average molecular weight is 1350 g/mol. The second-order valence-electron chi connectivity index (χ2n) is 23.5. The molecule has 2 aromatic rings. The fraction of sp³-hybridized carbons (Fsp3) is 0.547. The summed E-state index contributed by atoms with van der Waals surface area (Å²) in [5.74, 6) is -4.70. The van der Waals surface area contributed by atoms with Gasteiger partial charge >= 0.3 is 18.0 Å². The molecular formula is C64H92N10O18S2.